The van der Waals surface area contributed by atoms with Crippen molar-refractivity contribution in [1.29, 1.82) is 0 Å². The van der Waals surface area contributed by atoms with Crippen LogP contribution >= 0.6 is 23.2 Å². The van der Waals surface area contributed by atoms with Crippen molar-refractivity contribution in [2.75, 3.05) is 6.26 Å². The number of rotatable bonds is 5. The van der Waals surface area contributed by atoms with Gasteiger partial charge in [0.2, 0.25) is 5.88 Å². The van der Waals surface area contributed by atoms with Crippen molar-refractivity contribution in [2.45, 2.75) is 20.5 Å². The number of benzene rings is 2. The minimum absolute atomic E-state index is 0.0298. The summed E-state index contributed by atoms with van der Waals surface area (Å²) in [5, 5.41) is 12.6. The lowest BCUT2D eigenvalue weighted by Gasteiger charge is -2.15. The average Bonchev–Trinajstić information content (AvgIpc) is 2.96. The quantitative estimate of drug-likeness (QED) is 0.357. The summed E-state index contributed by atoms with van der Waals surface area (Å²) < 4.78 is 30.2. The lowest BCUT2D eigenvalue weighted by atomic mass is 9.95. The minimum Gasteiger partial charge on any atom is -0.494 e. The molecule has 0 fully saturated rings. The van der Waals surface area contributed by atoms with Gasteiger partial charge >= 0.3 is 0 Å². The average molecular weight is 491 g/mol. The number of aromatic hydroxyl groups is 1. The molecule has 4 aromatic rings. The molecule has 166 valence electrons. The van der Waals surface area contributed by atoms with Gasteiger partial charge in [0.1, 0.15) is 0 Å². The van der Waals surface area contributed by atoms with Crippen molar-refractivity contribution in [2.24, 2.45) is 0 Å². The highest BCUT2D eigenvalue weighted by Gasteiger charge is 2.26. The zero-order valence-electron chi connectivity index (χ0n) is 17.6. The standard InChI is InChI=1S/C23H20Cl2N2O4S/c1-13-18(12-31-32(3,29)30)20(17-10-9-15(24)11-19(17)25)21-22(26-13)14(2)27(23(21)28)16-7-5-4-6-8-16/h4-11,28H,12H2,1-3H3. The summed E-state index contributed by atoms with van der Waals surface area (Å²) in [4.78, 5) is 4.69. The van der Waals surface area contributed by atoms with Crippen molar-refractivity contribution in [3.8, 4) is 22.7 Å². The summed E-state index contributed by atoms with van der Waals surface area (Å²) in [6.45, 7) is 3.38. The molecule has 32 heavy (non-hydrogen) atoms. The lowest BCUT2D eigenvalue weighted by molar-refractivity contribution is 0.311. The van der Waals surface area contributed by atoms with Crippen molar-refractivity contribution in [3.05, 3.63) is 75.5 Å². The van der Waals surface area contributed by atoms with Gasteiger partial charge in [-0.1, -0.05) is 47.5 Å². The zero-order valence-corrected chi connectivity index (χ0v) is 19.9. The van der Waals surface area contributed by atoms with Crippen LogP contribution in [-0.4, -0.2) is 29.3 Å². The van der Waals surface area contributed by atoms with Crippen molar-refractivity contribution in [3.63, 3.8) is 0 Å². The van der Waals surface area contributed by atoms with Gasteiger partial charge < -0.3 is 5.11 Å². The monoisotopic (exact) mass is 490 g/mol. The zero-order chi connectivity index (χ0) is 23.2. The molecule has 0 radical (unpaired) electrons. The fraction of sp³-hybridized carbons (Fsp3) is 0.174. The van der Waals surface area contributed by atoms with E-state index in [4.69, 9.17) is 32.4 Å². The molecule has 0 unspecified atom stereocenters. The maximum atomic E-state index is 11.7. The van der Waals surface area contributed by atoms with Crippen LogP contribution in [0.15, 0.2) is 48.5 Å². The van der Waals surface area contributed by atoms with Crippen LogP contribution in [0.25, 0.3) is 27.7 Å². The van der Waals surface area contributed by atoms with Crippen molar-refractivity contribution >= 4 is 44.2 Å². The molecule has 0 saturated heterocycles. The smallest absolute Gasteiger partial charge is 0.264 e. The molecule has 0 aliphatic heterocycles. The third-order valence-electron chi connectivity index (χ3n) is 5.25. The van der Waals surface area contributed by atoms with Gasteiger partial charge in [0, 0.05) is 43.8 Å². The summed E-state index contributed by atoms with van der Waals surface area (Å²) in [5.74, 6) is -0.0298. The van der Waals surface area contributed by atoms with Crippen LogP contribution in [0.3, 0.4) is 0 Å². The van der Waals surface area contributed by atoms with Crippen LogP contribution < -0.4 is 0 Å². The first-order valence-corrected chi connectivity index (χ1v) is 12.2. The third-order valence-corrected chi connectivity index (χ3v) is 6.34. The Labute approximate surface area is 196 Å². The molecule has 0 atom stereocenters. The molecule has 2 aromatic carbocycles. The Balaban J connectivity index is 2.12. The molecule has 2 aromatic heterocycles. The van der Waals surface area contributed by atoms with Gasteiger partial charge in [0.05, 0.1) is 23.8 Å². The van der Waals surface area contributed by atoms with E-state index in [0.29, 0.717) is 43.3 Å². The molecular formula is C23H20Cl2N2O4S. The maximum absolute atomic E-state index is 11.7. The van der Waals surface area contributed by atoms with Gasteiger partial charge in [-0.15, -0.1) is 0 Å². The Hall–Kier alpha value is -2.58. The number of halogens is 2. The largest absolute Gasteiger partial charge is 0.494 e. The second-order valence-electron chi connectivity index (χ2n) is 7.44. The molecule has 2 heterocycles. The third kappa shape index (κ3) is 4.09. The van der Waals surface area contributed by atoms with Gasteiger partial charge in [0.15, 0.2) is 0 Å². The number of para-hydroxylation sites is 1. The first-order chi connectivity index (χ1) is 15.1. The number of aryl methyl sites for hydroxylation is 2. The molecule has 0 saturated carbocycles. The molecule has 9 heteroatoms. The van der Waals surface area contributed by atoms with E-state index in [1.54, 1.807) is 29.7 Å². The van der Waals surface area contributed by atoms with Crippen LogP contribution in [0.2, 0.25) is 10.0 Å². The lowest BCUT2D eigenvalue weighted by Crippen LogP contribution is -2.06. The van der Waals surface area contributed by atoms with E-state index in [0.717, 1.165) is 17.6 Å². The summed E-state index contributed by atoms with van der Waals surface area (Å²) in [7, 11) is -3.71. The summed E-state index contributed by atoms with van der Waals surface area (Å²) >= 11 is 12.6. The van der Waals surface area contributed by atoms with Gasteiger partial charge in [-0.3, -0.25) is 13.7 Å². The highest BCUT2D eigenvalue weighted by atomic mass is 35.5. The predicted octanol–water partition coefficient (Wildman–Crippen LogP) is 5.80. The molecule has 0 aliphatic carbocycles. The Morgan fingerprint density at radius 2 is 1.78 bits per heavy atom. The van der Waals surface area contributed by atoms with E-state index in [1.165, 1.54) is 0 Å². The Morgan fingerprint density at radius 3 is 2.41 bits per heavy atom. The summed E-state index contributed by atoms with van der Waals surface area (Å²) in [6.07, 6.45) is 0.983. The maximum Gasteiger partial charge on any atom is 0.264 e. The van der Waals surface area contributed by atoms with Crippen LogP contribution in [0.4, 0.5) is 0 Å². The molecule has 4 rings (SSSR count). The molecule has 0 aliphatic rings. The van der Waals surface area contributed by atoms with E-state index in [1.807, 2.05) is 37.3 Å². The van der Waals surface area contributed by atoms with Crippen LogP contribution in [0, 0.1) is 13.8 Å². The van der Waals surface area contributed by atoms with E-state index in [9.17, 15) is 13.5 Å². The summed E-state index contributed by atoms with van der Waals surface area (Å²) in [5.41, 5.74) is 4.28. The normalized spacial score (nSPS) is 11.9. The molecule has 1 N–H and O–H groups in total. The predicted molar refractivity (Wildman–Crippen MR) is 127 cm³/mol. The summed E-state index contributed by atoms with van der Waals surface area (Å²) in [6, 6.07) is 14.4. The SMILES string of the molecule is Cc1nc2c(C)n(-c3ccccc3)c(O)c2c(-c2ccc(Cl)cc2Cl)c1COS(C)(=O)=O. The van der Waals surface area contributed by atoms with Crippen molar-refractivity contribution in [1.82, 2.24) is 9.55 Å². The molecular weight excluding hydrogens is 471 g/mol. The van der Waals surface area contributed by atoms with Crippen LogP contribution in [0.5, 0.6) is 5.88 Å². The van der Waals surface area contributed by atoms with E-state index < -0.39 is 10.1 Å². The minimum atomic E-state index is -3.71. The molecule has 0 bridgehead atoms. The Morgan fingerprint density at radius 1 is 1.09 bits per heavy atom. The van der Waals surface area contributed by atoms with Crippen LogP contribution in [-0.2, 0) is 20.9 Å². The highest BCUT2D eigenvalue weighted by Crippen LogP contribution is 2.44. The molecule has 0 spiro atoms. The van der Waals surface area contributed by atoms with Gasteiger partial charge in [0.25, 0.3) is 10.1 Å². The van der Waals surface area contributed by atoms with E-state index in [-0.39, 0.29) is 12.5 Å². The number of fused-ring (bicyclic) bond motifs is 1. The van der Waals surface area contributed by atoms with Gasteiger partial charge in [-0.05, 0) is 38.1 Å². The first-order valence-electron chi connectivity index (χ1n) is 9.67. The second kappa shape index (κ2) is 8.41. The first kappa shape index (κ1) is 22.6. The Bertz CT molecular complexity index is 1450. The topological polar surface area (TPSA) is 81.4 Å². The van der Waals surface area contributed by atoms with Crippen LogP contribution in [0.1, 0.15) is 17.0 Å². The fourth-order valence-electron chi connectivity index (χ4n) is 3.82. The van der Waals surface area contributed by atoms with Crippen molar-refractivity contribution < 1.29 is 17.7 Å². The molecule has 0 amide bonds. The Kier molecular flexibility index (Phi) is 5.94. The fourth-order valence-corrected chi connectivity index (χ4v) is 4.66. The molecule has 6 nitrogen and oxygen atoms in total. The second-order valence-corrected chi connectivity index (χ2v) is 9.93. The number of pyridine rings is 1. The number of hydrogen-bond donors (Lipinski definition) is 1. The number of nitrogens with zero attached hydrogens (tertiary/aromatic N) is 2. The number of aromatic nitrogens is 2. The van der Waals surface area contributed by atoms with E-state index in [2.05, 4.69) is 0 Å². The van der Waals surface area contributed by atoms with E-state index >= 15 is 0 Å². The van der Waals surface area contributed by atoms with Gasteiger partial charge in [-0.25, -0.2) is 0 Å². The highest BCUT2D eigenvalue weighted by molar-refractivity contribution is 7.85. The number of hydrogen-bond acceptors (Lipinski definition) is 5. The van der Waals surface area contributed by atoms with Gasteiger partial charge in [-0.2, -0.15) is 8.42 Å².